The largest absolute Gasteiger partial charge is 0.0651 e. The fourth-order valence-corrected chi connectivity index (χ4v) is 2.37. The van der Waals surface area contributed by atoms with Crippen LogP contribution in [0.2, 0.25) is 0 Å². The predicted molar refractivity (Wildman–Crippen MR) is 75.8 cm³/mol. The van der Waals surface area contributed by atoms with Gasteiger partial charge >= 0.3 is 0 Å². The van der Waals surface area contributed by atoms with Gasteiger partial charge < -0.3 is 0 Å². The summed E-state index contributed by atoms with van der Waals surface area (Å²) in [6.07, 6.45) is 11.5. The maximum Gasteiger partial charge on any atom is -0.0440 e. The van der Waals surface area contributed by atoms with Crippen molar-refractivity contribution in [2.45, 2.75) is 86.0 Å². The Bertz CT molecular complexity index is 137. The van der Waals surface area contributed by atoms with Crippen molar-refractivity contribution < 1.29 is 0 Å². The van der Waals surface area contributed by atoms with E-state index in [9.17, 15) is 0 Å². The third kappa shape index (κ3) is 10.5. The van der Waals surface area contributed by atoms with E-state index in [0.717, 1.165) is 17.8 Å². The van der Waals surface area contributed by atoms with Gasteiger partial charge in [-0.25, -0.2) is 0 Å². The zero-order valence-corrected chi connectivity index (χ0v) is 12.4. The van der Waals surface area contributed by atoms with E-state index in [1.54, 1.807) is 0 Å². The van der Waals surface area contributed by atoms with Gasteiger partial charge in [0.2, 0.25) is 0 Å². The number of unbranched alkanes of at least 4 members (excludes halogenated alkanes) is 3. The van der Waals surface area contributed by atoms with Gasteiger partial charge in [0.25, 0.3) is 0 Å². The molecule has 0 heterocycles. The minimum absolute atomic E-state index is 0.893. The van der Waals surface area contributed by atoms with Gasteiger partial charge in [-0.05, 0) is 24.2 Å². The van der Waals surface area contributed by atoms with E-state index in [1.165, 1.54) is 51.4 Å². The molecule has 0 heteroatoms. The fourth-order valence-electron chi connectivity index (χ4n) is 2.37. The van der Waals surface area contributed by atoms with Crippen LogP contribution in [0.5, 0.6) is 0 Å². The van der Waals surface area contributed by atoms with Crippen LogP contribution >= 0.6 is 0 Å². The van der Waals surface area contributed by atoms with Crippen LogP contribution in [0, 0.1) is 17.8 Å². The molecule has 2 atom stereocenters. The predicted octanol–water partition coefficient (Wildman–Crippen LogP) is 6.06. The first-order valence-electron chi connectivity index (χ1n) is 7.56. The summed E-state index contributed by atoms with van der Waals surface area (Å²) in [5, 5.41) is 0. The maximum atomic E-state index is 2.43. The Morgan fingerprint density at radius 1 is 0.688 bits per heavy atom. The standard InChI is InChI=1S/C16H34/c1-6-15(4)13-16(5)12-10-8-7-9-11-14(2)3/h14-16H,6-13H2,1-5H3. The van der Waals surface area contributed by atoms with Gasteiger partial charge in [0, 0.05) is 0 Å². The van der Waals surface area contributed by atoms with E-state index in [0.29, 0.717) is 0 Å². The highest BCUT2D eigenvalue weighted by atomic mass is 14.1. The Hall–Kier alpha value is 0. The minimum Gasteiger partial charge on any atom is -0.0651 e. The first kappa shape index (κ1) is 16.0. The summed E-state index contributed by atoms with van der Waals surface area (Å²) in [5.74, 6) is 2.76. The summed E-state index contributed by atoms with van der Waals surface area (Å²) >= 11 is 0. The van der Waals surface area contributed by atoms with E-state index < -0.39 is 0 Å². The van der Waals surface area contributed by atoms with Crippen molar-refractivity contribution in [3.05, 3.63) is 0 Å². The lowest BCUT2D eigenvalue weighted by molar-refractivity contribution is 0.373. The number of hydrogen-bond acceptors (Lipinski definition) is 0. The Balaban J connectivity index is 3.24. The molecule has 0 rings (SSSR count). The summed E-state index contributed by atoms with van der Waals surface area (Å²) in [6, 6.07) is 0. The van der Waals surface area contributed by atoms with Crippen molar-refractivity contribution in [3.63, 3.8) is 0 Å². The Morgan fingerprint density at radius 2 is 1.25 bits per heavy atom. The Kier molecular flexibility index (Phi) is 10.2. The van der Waals surface area contributed by atoms with Gasteiger partial charge in [-0.1, -0.05) is 79.6 Å². The molecule has 0 aliphatic heterocycles. The second kappa shape index (κ2) is 10.2. The minimum atomic E-state index is 0.893. The van der Waals surface area contributed by atoms with Crippen molar-refractivity contribution in [1.29, 1.82) is 0 Å². The molecule has 0 aromatic rings. The maximum absolute atomic E-state index is 2.43. The third-order valence-electron chi connectivity index (χ3n) is 3.73. The zero-order valence-electron chi connectivity index (χ0n) is 12.4. The van der Waals surface area contributed by atoms with Crippen LogP contribution in [-0.2, 0) is 0 Å². The third-order valence-corrected chi connectivity index (χ3v) is 3.73. The molecule has 0 fully saturated rings. The highest BCUT2D eigenvalue weighted by molar-refractivity contribution is 4.59. The van der Waals surface area contributed by atoms with Gasteiger partial charge in [-0.2, -0.15) is 0 Å². The second-order valence-electron chi connectivity index (χ2n) is 6.24. The van der Waals surface area contributed by atoms with Crippen molar-refractivity contribution in [2.24, 2.45) is 17.8 Å². The molecule has 0 aliphatic carbocycles. The van der Waals surface area contributed by atoms with Crippen LogP contribution in [0.3, 0.4) is 0 Å². The summed E-state index contributed by atoms with van der Waals surface area (Å²) in [6.45, 7) is 11.8. The van der Waals surface area contributed by atoms with Crippen LogP contribution in [0.1, 0.15) is 86.0 Å². The quantitative estimate of drug-likeness (QED) is 0.397. The van der Waals surface area contributed by atoms with Crippen LogP contribution in [0.15, 0.2) is 0 Å². The van der Waals surface area contributed by atoms with Crippen molar-refractivity contribution in [3.8, 4) is 0 Å². The van der Waals surface area contributed by atoms with Gasteiger partial charge in [0.1, 0.15) is 0 Å². The SMILES string of the molecule is CCC(C)CC(C)CCCCCCC(C)C. The molecule has 0 aromatic carbocycles. The van der Waals surface area contributed by atoms with Crippen LogP contribution < -0.4 is 0 Å². The molecule has 98 valence electrons. The molecule has 0 aliphatic rings. The molecule has 0 spiro atoms. The average Bonchev–Trinajstić information content (AvgIpc) is 2.22. The van der Waals surface area contributed by atoms with E-state index in [4.69, 9.17) is 0 Å². The highest BCUT2D eigenvalue weighted by Crippen LogP contribution is 2.20. The number of hydrogen-bond donors (Lipinski definition) is 0. The van der Waals surface area contributed by atoms with E-state index in [2.05, 4.69) is 34.6 Å². The van der Waals surface area contributed by atoms with Gasteiger partial charge in [-0.15, -0.1) is 0 Å². The van der Waals surface area contributed by atoms with Crippen molar-refractivity contribution in [2.75, 3.05) is 0 Å². The Morgan fingerprint density at radius 3 is 1.75 bits per heavy atom. The molecule has 0 bridgehead atoms. The van der Waals surface area contributed by atoms with Gasteiger partial charge in [-0.3, -0.25) is 0 Å². The summed E-state index contributed by atoms with van der Waals surface area (Å²) in [7, 11) is 0. The second-order valence-corrected chi connectivity index (χ2v) is 6.24. The van der Waals surface area contributed by atoms with Crippen LogP contribution in [0.4, 0.5) is 0 Å². The normalized spacial score (nSPS) is 15.4. The van der Waals surface area contributed by atoms with E-state index in [1.807, 2.05) is 0 Å². The fraction of sp³-hybridized carbons (Fsp3) is 1.00. The first-order valence-corrected chi connectivity index (χ1v) is 7.56. The smallest absolute Gasteiger partial charge is 0.0440 e. The molecule has 0 nitrogen and oxygen atoms in total. The molecule has 0 N–H and O–H groups in total. The molecule has 0 amide bonds. The molecular formula is C16H34. The van der Waals surface area contributed by atoms with Crippen molar-refractivity contribution >= 4 is 0 Å². The average molecular weight is 226 g/mol. The van der Waals surface area contributed by atoms with E-state index in [-0.39, 0.29) is 0 Å². The van der Waals surface area contributed by atoms with E-state index >= 15 is 0 Å². The Labute approximate surface area is 104 Å². The lowest BCUT2D eigenvalue weighted by Crippen LogP contribution is -2.02. The molecule has 0 saturated heterocycles. The lowest BCUT2D eigenvalue weighted by atomic mass is 9.91. The molecule has 0 aromatic heterocycles. The number of rotatable bonds is 10. The summed E-state index contributed by atoms with van der Waals surface area (Å²) < 4.78 is 0. The topological polar surface area (TPSA) is 0 Å². The first-order chi connectivity index (χ1) is 7.56. The zero-order chi connectivity index (χ0) is 12.4. The monoisotopic (exact) mass is 226 g/mol. The van der Waals surface area contributed by atoms with Crippen molar-refractivity contribution in [1.82, 2.24) is 0 Å². The summed E-state index contributed by atoms with van der Waals surface area (Å²) in [4.78, 5) is 0. The molecular weight excluding hydrogens is 192 g/mol. The van der Waals surface area contributed by atoms with Crippen LogP contribution in [0.25, 0.3) is 0 Å². The molecule has 2 unspecified atom stereocenters. The lowest BCUT2D eigenvalue weighted by Gasteiger charge is -2.15. The molecule has 0 radical (unpaired) electrons. The van der Waals surface area contributed by atoms with Gasteiger partial charge in [0.15, 0.2) is 0 Å². The summed E-state index contributed by atoms with van der Waals surface area (Å²) in [5.41, 5.74) is 0. The van der Waals surface area contributed by atoms with Gasteiger partial charge in [0.05, 0.1) is 0 Å². The highest BCUT2D eigenvalue weighted by Gasteiger charge is 2.06. The molecule has 16 heavy (non-hydrogen) atoms. The van der Waals surface area contributed by atoms with Crippen LogP contribution in [-0.4, -0.2) is 0 Å². The molecule has 0 saturated carbocycles.